The van der Waals surface area contributed by atoms with Crippen LogP contribution >= 0.6 is 0 Å². The Morgan fingerprint density at radius 3 is 2.69 bits per heavy atom. The summed E-state index contributed by atoms with van der Waals surface area (Å²) in [7, 11) is 0. The zero-order valence-electron chi connectivity index (χ0n) is 10.5. The molecule has 1 atom stereocenters. The number of hydrogen-bond donors (Lipinski definition) is 1. The highest BCUT2D eigenvalue weighted by molar-refractivity contribution is 5.27. The molecule has 0 saturated heterocycles. The smallest absolute Gasteiger partial charge is 0.137 e. The van der Waals surface area contributed by atoms with Gasteiger partial charge in [-0.05, 0) is 32.3 Å². The lowest BCUT2D eigenvalue weighted by Crippen LogP contribution is -2.23. The largest absolute Gasteiger partial charge is 0.492 e. The van der Waals surface area contributed by atoms with Crippen molar-refractivity contribution < 1.29 is 9.84 Å². The summed E-state index contributed by atoms with van der Waals surface area (Å²) in [6, 6.07) is 1.86. The lowest BCUT2D eigenvalue weighted by Gasteiger charge is -2.25. The average Bonchev–Trinajstić information content (AvgIpc) is 2.16. The Hall–Kier alpha value is -1.09. The van der Waals surface area contributed by atoms with Crippen LogP contribution in [0.3, 0.4) is 0 Å². The van der Waals surface area contributed by atoms with Gasteiger partial charge in [-0.25, -0.2) is 0 Å². The van der Waals surface area contributed by atoms with Crippen LogP contribution in [0.4, 0.5) is 0 Å². The molecule has 0 radical (unpaired) electrons. The van der Waals surface area contributed by atoms with Crippen molar-refractivity contribution in [1.82, 2.24) is 4.98 Å². The minimum Gasteiger partial charge on any atom is -0.492 e. The van der Waals surface area contributed by atoms with Gasteiger partial charge in [0.15, 0.2) is 0 Å². The molecule has 1 heterocycles. The van der Waals surface area contributed by atoms with Gasteiger partial charge in [0.05, 0.1) is 18.4 Å². The van der Waals surface area contributed by atoms with E-state index < -0.39 is 5.60 Å². The molecule has 0 aliphatic carbocycles. The molecule has 90 valence electrons. The third-order valence-electron chi connectivity index (χ3n) is 2.45. The van der Waals surface area contributed by atoms with Gasteiger partial charge in [-0.15, -0.1) is 0 Å². The molecule has 0 spiro atoms. The summed E-state index contributed by atoms with van der Waals surface area (Å²) in [4.78, 5) is 4.09. The summed E-state index contributed by atoms with van der Waals surface area (Å²) in [5, 5.41) is 10.4. The van der Waals surface area contributed by atoms with Crippen LogP contribution in [0.1, 0.15) is 39.7 Å². The van der Waals surface area contributed by atoms with E-state index in [0.29, 0.717) is 24.7 Å². The molecule has 0 aliphatic heterocycles. The molecule has 0 fully saturated rings. The monoisotopic (exact) mass is 223 g/mol. The molecule has 3 nitrogen and oxygen atoms in total. The molecule has 0 aromatic carbocycles. The first-order valence-corrected chi connectivity index (χ1v) is 5.76. The second kappa shape index (κ2) is 5.30. The quantitative estimate of drug-likeness (QED) is 0.834. The van der Waals surface area contributed by atoms with Gasteiger partial charge in [0.25, 0.3) is 0 Å². The maximum Gasteiger partial charge on any atom is 0.137 e. The van der Waals surface area contributed by atoms with Crippen LogP contribution in [0.25, 0.3) is 0 Å². The van der Waals surface area contributed by atoms with Gasteiger partial charge in [0.2, 0.25) is 0 Å². The lowest BCUT2D eigenvalue weighted by molar-refractivity contribution is 0.0343. The number of pyridine rings is 1. The fraction of sp³-hybridized carbons (Fsp3) is 0.615. The van der Waals surface area contributed by atoms with E-state index >= 15 is 0 Å². The molecule has 16 heavy (non-hydrogen) atoms. The summed E-state index contributed by atoms with van der Waals surface area (Å²) in [5.74, 6) is 1.15. The normalized spacial score (nSPS) is 14.9. The van der Waals surface area contributed by atoms with Gasteiger partial charge < -0.3 is 9.84 Å². The third kappa shape index (κ3) is 3.49. The summed E-state index contributed by atoms with van der Waals surface area (Å²) in [5.41, 5.74) is -0.0268. The Morgan fingerprint density at radius 2 is 2.12 bits per heavy atom. The maximum absolute atomic E-state index is 10.4. The molecule has 0 bridgehead atoms. The van der Waals surface area contributed by atoms with E-state index in [1.54, 1.807) is 12.4 Å². The van der Waals surface area contributed by atoms with Gasteiger partial charge in [-0.1, -0.05) is 13.8 Å². The first kappa shape index (κ1) is 13.0. The van der Waals surface area contributed by atoms with Gasteiger partial charge in [0, 0.05) is 11.8 Å². The Balaban J connectivity index is 2.89. The van der Waals surface area contributed by atoms with Crippen molar-refractivity contribution in [3.8, 4) is 5.75 Å². The van der Waals surface area contributed by atoms with Crippen LogP contribution in [-0.4, -0.2) is 16.7 Å². The van der Waals surface area contributed by atoms with Gasteiger partial charge >= 0.3 is 0 Å². The molecule has 0 saturated carbocycles. The Labute approximate surface area is 97.5 Å². The zero-order valence-corrected chi connectivity index (χ0v) is 10.5. The average molecular weight is 223 g/mol. The van der Waals surface area contributed by atoms with Crippen molar-refractivity contribution in [3.63, 3.8) is 0 Å². The van der Waals surface area contributed by atoms with Crippen molar-refractivity contribution in [3.05, 3.63) is 24.0 Å². The summed E-state index contributed by atoms with van der Waals surface area (Å²) in [6.45, 7) is 8.54. The molecular weight excluding hydrogens is 202 g/mol. The van der Waals surface area contributed by atoms with Crippen LogP contribution in [0.5, 0.6) is 5.75 Å². The van der Waals surface area contributed by atoms with Crippen molar-refractivity contribution in [1.29, 1.82) is 0 Å². The molecule has 0 aliphatic rings. The van der Waals surface area contributed by atoms with Crippen molar-refractivity contribution in [2.75, 3.05) is 6.61 Å². The SMILES string of the molecule is CCOc1cncc(C(C)(O)CC(C)C)c1. The highest BCUT2D eigenvalue weighted by Gasteiger charge is 2.25. The third-order valence-corrected chi connectivity index (χ3v) is 2.45. The molecule has 1 rings (SSSR count). The first-order valence-electron chi connectivity index (χ1n) is 5.76. The molecule has 0 amide bonds. The lowest BCUT2D eigenvalue weighted by atomic mass is 9.88. The molecule has 3 heteroatoms. The van der Waals surface area contributed by atoms with Gasteiger partial charge in [-0.2, -0.15) is 0 Å². The fourth-order valence-corrected chi connectivity index (χ4v) is 1.87. The minimum absolute atomic E-state index is 0.436. The molecule has 1 aromatic rings. The van der Waals surface area contributed by atoms with E-state index in [1.165, 1.54) is 0 Å². The van der Waals surface area contributed by atoms with Crippen molar-refractivity contribution in [2.24, 2.45) is 5.92 Å². The Morgan fingerprint density at radius 1 is 1.44 bits per heavy atom. The number of ether oxygens (including phenoxy) is 1. The van der Waals surface area contributed by atoms with Gasteiger partial charge in [-0.3, -0.25) is 4.98 Å². The summed E-state index contributed by atoms with van der Waals surface area (Å²) in [6.07, 6.45) is 4.08. The first-order chi connectivity index (χ1) is 7.45. The van der Waals surface area contributed by atoms with E-state index in [0.717, 1.165) is 5.56 Å². The van der Waals surface area contributed by atoms with Crippen molar-refractivity contribution in [2.45, 2.75) is 39.7 Å². The predicted molar refractivity (Wildman–Crippen MR) is 64.4 cm³/mol. The minimum atomic E-state index is -0.839. The van der Waals surface area contributed by atoms with Crippen molar-refractivity contribution >= 4 is 0 Å². The molecule has 1 unspecified atom stereocenters. The van der Waals surface area contributed by atoms with E-state index in [9.17, 15) is 5.11 Å². The van der Waals surface area contributed by atoms with E-state index in [1.807, 2.05) is 19.9 Å². The van der Waals surface area contributed by atoms with E-state index in [-0.39, 0.29) is 0 Å². The van der Waals surface area contributed by atoms with Crippen LogP contribution < -0.4 is 4.74 Å². The summed E-state index contributed by atoms with van der Waals surface area (Å²) < 4.78 is 5.37. The second-order valence-electron chi connectivity index (χ2n) is 4.71. The second-order valence-corrected chi connectivity index (χ2v) is 4.71. The number of nitrogens with zero attached hydrogens (tertiary/aromatic N) is 1. The molecule has 1 N–H and O–H groups in total. The molecular formula is C13H21NO2. The van der Waals surface area contributed by atoms with Crippen LogP contribution in [0.2, 0.25) is 0 Å². The van der Waals surface area contributed by atoms with E-state index in [2.05, 4.69) is 18.8 Å². The van der Waals surface area contributed by atoms with Crippen LogP contribution in [0, 0.1) is 5.92 Å². The zero-order chi connectivity index (χ0) is 12.2. The maximum atomic E-state index is 10.4. The Kier molecular flexibility index (Phi) is 4.30. The number of hydrogen-bond acceptors (Lipinski definition) is 3. The van der Waals surface area contributed by atoms with E-state index in [4.69, 9.17) is 4.74 Å². The highest BCUT2D eigenvalue weighted by atomic mass is 16.5. The number of rotatable bonds is 5. The number of aromatic nitrogens is 1. The Bertz CT molecular complexity index is 334. The standard InChI is InChI=1S/C13H21NO2/c1-5-16-12-6-11(8-14-9-12)13(4,15)7-10(2)3/h6,8-10,15H,5,7H2,1-4H3. The van der Waals surface area contributed by atoms with Gasteiger partial charge in [0.1, 0.15) is 5.75 Å². The molecule has 1 aromatic heterocycles. The summed E-state index contributed by atoms with van der Waals surface area (Å²) >= 11 is 0. The number of aliphatic hydroxyl groups is 1. The highest BCUT2D eigenvalue weighted by Crippen LogP contribution is 2.29. The predicted octanol–water partition coefficient (Wildman–Crippen LogP) is 2.73. The topological polar surface area (TPSA) is 42.4 Å². The van der Waals surface area contributed by atoms with Crippen LogP contribution in [0.15, 0.2) is 18.5 Å². The fourth-order valence-electron chi connectivity index (χ4n) is 1.87. The van der Waals surface area contributed by atoms with Crippen LogP contribution in [-0.2, 0) is 5.60 Å².